The number of nitrogen functional groups attached to an aromatic ring is 1. The van der Waals surface area contributed by atoms with E-state index in [0.29, 0.717) is 14.9 Å². The first-order chi connectivity index (χ1) is 9.79. The molecule has 1 aromatic heterocycles. The van der Waals surface area contributed by atoms with Crippen molar-refractivity contribution >= 4 is 29.2 Å². The van der Waals surface area contributed by atoms with Gasteiger partial charge in [-0.2, -0.15) is 13.2 Å². The van der Waals surface area contributed by atoms with Gasteiger partial charge in [-0.05, 0) is 30.3 Å². The number of rotatable bonds is 3. The lowest BCUT2D eigenvalue weighted by Crippen LogP contribution is -2.18. The molecular formula is C13H9ClF3N3S. The number of hydrogen-bond donors (Lipinski definition) is 2. The third-order valence-corrected chi connectivity index (χ3v) is 3.95. The van der Waals surface area contributed by atoms with Gasteiger partial charge < -0.3 is 5.73 Å². The summed E-state index contributed by atoms with van der Waals surface area (Å²) in [5, 5.41) is 8.16. The topological polar surface area (TPSA) is 62.8 Å². The Balaban J connectivity index is 2.42. The smallest absolute Gasteiger partial charge is 0.384 e. The predicted octanol–water partition coefficient (Wildman–Crippen LogP) is 4.19. The molecule has 0 atom stereocenters. The number of hydrogen-bond acceptors (Lipinski definition) is 3. The number of nitrogens with zero attached hydrogens (tertiary/aromatic N) is 1. The van der Waals surface area contributed by atoms with Crippen LogP contribution >= 0.6 is 23.4 Å². The maximum Gasteiger partial charge on any atom is 0.417 e. The molecule has 0 aliphatic heterocycles. The van der Waals surface area contributed by atoms with Crippen LogP contribution in [-0.4, -0.2) is 10.8 Å². The van der Waals surface area contributed by atoms with E-state index >= 15 is 0 Å². The Hall–Kier alpha value is -1.73. The van der Waals surface area contributed by atoms with E-state index in [-0.39, 0.29) is 5.56 Å². The summed E-state index contributed by atoms with van der Waals surface area (Å²) in [6, 6.07) is 6.69. The molecule has 0 unspecified atom stereocenters. The second-order valence-electron chi connectivity index (χ2n) is 4.01. The molecule has 2 aromatic rings. The maximum atomic E-state index is 12.8. The van der Waals surface area contributed by atoms with E-state index in [1.165, 1.54) is 18.3 Å². The first kappa shape index (κ1) is 15.7. The minimum Gasteiger partial charge on any atom is -0.384 e. The molecule has 110 valence electrons. The summed E-state index contributed by atoms with van der Waals surface area (Å²) >= 11 is 7.05. The minimum absolute atomic E-state index is 0.362. The van der Waals surface area contributed by atoms with Crippen molar-refractivity contribution in [3.63, 3.8) is 0 Å². The molecule has 8 heteroatoms. The number of nitrogens with two attached hydrogens (primary N) is 1. The van der Waals surface area contributed by atoms with Crippen molar-refractivity contribution in [3.05, 3.63) is 52.7 Å². The van der Waals surface area contributed by atoms with Crippen molar-refractivity contribution in [1.29, 1.82) is 5.41 Å². The van der Waals surface area contributed by atoms with Crippen LogP contribution < -0.4 is 5.73 Å². The van der Waals surface area contributed by atoms with Crippen LogP contribution in [0.15, 0.2) is 46.5 Å². The highest BCUT2D eigenvalue weighted by Crippen LogP contribution is 2.36. The molecule has 0 saturated heterocycles. The molecule has 0 spiro atoms. The lowest BCUT2D eigenvalue weighted by atomic mass is 10.1. The summed E-state index contributed by atoms with van der Waals surface area (Å²) in [5.74, 6) is -0.642. The zero-order valence-electron chi connectivity index (χ0n) is 10.4. The van der Waals surface area contributed by atoms with Crippen molar-refractivity contribution in [2.24, 2.45) is 5.73 Å². The summed E-state index contributed by atoms with van der Waals surface area (Å²) < 4.78 is 38.5. The fourth-order valence-corrected chi connectivity index (χ4v) is 2.67. The van der Waals surface area contributed by atoms with Crippen LogP contribution in [0, 0.1) is 5.41 Å². The zero-order valence-corrected chi connectivity index (χ0v) is 12.0. The Morgan fingerprint density at radius 3 is 2.57 bits per heavy atom. The Bertz CT molecular complexity index is 689. The van der Waals surface area contributed by atoms with E-state index in [1.54, 1.807) is 12.1 Å². The summed E-state index contributed by atoms with van der Waals surface area (Å²) in [6.07, 6.45) is -3.03. The highest BCUT2D eigenvalue weighted by Gasteiger charge is 2.34. The molecule has 0 bridgehead atoms. The van der Waals surface area contributed by atoms with E-state index in [4.69, 9.17) is 22.7 Å². The van der Waals surface area contributed by atoms with Gasteiger partial charge in [-0.1, -0.05) is 23.4 Å². The fourth-order valence-electron chi connectivity index (χ4n) is 1.61. The monoisotopic (exact) mass is 331 g/mol. The Morgan fingerprint density at radius 2 is 2.00 bits per heavy atom. The largest absolute Gasteiger partial charge is 0.417 e. The van der Waals surface area contributed by atoms with Gasteiger partial charge in [0.15, 0.2) is 0 Å². The van der Waals surface area contributed by atoms with Gasteiger partial charge >= 0.3 is 6.18 Å². The van der Waals surface area contributed by atoms with Crippen molar-refractivity contribution in [3.8, 4) is 0 Å². The zero-order chi connectivity index (χ0) is 15.6. The molecule has 21 heavy (non-hydrogen) atoms. The van der Waals surface area contributed by atoms with Crippen LogP contribution in [0.3, 0.4) is 0 Å². The third-order valence-electron chi connectivity index (χ3n) is 2.53. The van der Waals surface area contributed by atoms with E-state index < -0.39 is 17.6 Å². The van der Waals surface area contributed by atoms with Gasteiger partial charge in [-0.25, -0.2) is 4.98 Å². The number of benzene rings is 1. The van der Waals surface area contributed by atoms with Crippen molar-refractivity contribution in [2.75, 3.05) is 0 Å². The Kier molecular flexibility index (Phi) is 4.43. The molecule has 3 nitrogen and oxygen atoms in total. The van der Waals surface area contributed by atoms with Gasteiger partial charge in [0.25, 0.3) is 0 Å². The number of halogens is 4. The van der Waals surface area contributed by atoms with Crippen LogP contribution in [-0.2, 0) is 6.18 Å². The average Bonchev–Trinajstić information content (AvgIpc) is 2.40. The summed E-state index contributed by atoms with van der Waals surface area (Å²) in [5.41, 5.74) is 3.94. The molecule has 1 aromatic carbocycles. The number of amidine groups is 1. The maximum absolute atomic E-state index is 12.8. The molecule has 0 saturated carbocycles. The molecule has 0 aliphatic rings. The second-order valence-corrected chi connectivity index (χ2v) is 5.48. The fraction of sp³-hybridized carbons (Fsp3) is 0.0769. The van der Waals surface area contributed by atoms with E-state index in [1.807, 2.05) is 0 Å². The standard InChI is InChI=1S/C13H9ClF3N3S/c14-10-2-1-5-20-12(10)21-7-3-4-9(13(15,16)17)8(6-7)11(18)19/h1-6H,(H3,18,19). The van der Waals surface area contributed by atoms with Gasteiger partial charge in [-0.15, -0.1) is 0 Å². The summed E-state index contributed by atoms with van der Waals surface area (Å²) in [4.78, 5) is 4.51. The van der Waals surface area contributed by atoms with E-state index in [9.17, 15) is 13.2 Å². The van der Waals surface area contributed by atoms with Crippen LogP contribution in [0.2, 0.25) is 5.02 Å². The Morgan fingerprint density at radius 1 is 1.29 bits per heavy atom. The van der Waals surface area contributed by atoms with Gasteiger partial charge in [-0.3, -0.25) is 5.41 Å². The van der Waals surface area contributed by atoms with Crippen molar-refractivity contribution in [2.45, 2.75) is 16.1 Å². The first-order valence-electron chi connectivity index (χ1n) is 5.63. The van der Waals surface area contributed by atoms with Crippen molar-refractivity contribution < 1.29 is 13.2 Å². The van der Waals surface area contributed by atoms with Crippen LogP contribution in [0.1, 0.15) is 11.1 Å². The third kappa shape index (κ3) is 3.68. The van der Waals surface area contributed by atoms with E-state index in [2.05, 4.69) is 4.98 Å². The number of aromatic nitrogens is 1. The van der Waals surface area contributed by atoms with Gasteiger partial charge in [0.05, 0.1) is 10.6 Å². The van der Waals surface area contributed by atoms with Gasteiger partial charge in [0.1, 0.15) is 10.9 Å². The quantitative estimate of drug-likeness (QED) is 0.655. The lowest BCUT2D eigenvalue weighted by Gasteiger charge is -2.13. The Labute approximate surface area is 127 Å². The van der Waals surface area contributed by atoms with Crippen molar-refractivity contribution in [1.82, 2.24) is 4.98 Å². The summed E-state index contributed by atoms with van der Waals surface area (Å²) in [7, 11) is 0. The molecule has 0 fully saturated rings. The number of nitrogens with one attached hydrogen (secondary N) is 1. The molecular weight excluding hydrogens is 323 g/mol. The van der Waals surface area contributed by atoms with E-state index in [0.717, 1.165) is 17.8 Å². The average molecular weight is 332 g/mol. The molecule has 2 rings (SSSR count). The molecule has 1 heterocycles. The first-order valence-corrected chi connectivity index (χ1v) is 6.82. The molecule has 0 aliphatic carbocycles. The van der Waals surface area contributed by atoms with Crippen LogP contribution in [0.5, 0.6) is 0 Å². The molecule has 0 amide bonds. The molecule has 3 N–H and O–H groups in total. The van der Waals surface area contributed by atoms with Gasteiger partial charge in [0, 0.05) is 16.7 Å². The highest BCUT2D eigenvalue weighted by molar-refractivity contribution is 7.99. The van der Waals surface area contributed by atoms with Crippen LogP contribution in [0.25, 0.3) is 0 Å². The highest BCUT2D eigenvalue weighted by atomic mass is 35.5. The SMILES string of the molecule is N=C(N)c1cc(Sc2ncccc2Cl)ccc1C(F)(F)F. The summed E-state index contributed by atoms with van der Waals surface area (Å²) in [6.45, 7) is 0. The predicted molar refractivity (Wildman–Crippen MR) is 75.8 cm³/mol. The number of alkyl halides is 3. The number of pyridine rings is 1. The second kappa shape index (κ2) is 5.95. The normalized spacial score (nSPS) is 11.4. The molecule has 0 radical (unpaired) electrons. The lowest BCUT2D eigenvalue weighted by molar-refractivity contribution is -0.137. The van der Waals surface area contributed by atoms with Crippen LogP contribution in [0.4, 0.5) is 13.2 Å². The van der Waals surface area contributed by atoms with Gasteiger partial charge in [0.2, 0.25) is 0 Å². The minimum atomic E-state index is -4.56.